The lowest BCUT2D eigenvalue weighted by Gasteiger charge is -2.13. The Labute approximate surface area is 188 Å². The molecule has 162 valence electrons. The molecule has 0 fully saturated rings. The second-order valence-electron chi connectivity index (χ2n) is 6.50. The van der Waals surface area contributed by atoms with Crippen molar-refractivity contribution in [3.8, 4) is 5.75 Å². The van der Waals surface area contributed by atoms with E-state index in [1.165, 1.54) is 37.5 Å². The Morgan fingerprint density at radius 2 is 1.66 bits per heavy atom. The minimum absolute atomic E-state index is 0.0883. The summed E-state index contributed by atoms with van der Waals surface area (Å²) in [6, 6.07) is 18.8. The topological polar surface area (TPSA) is 111 Å². The highest BCUT2D eigenvalue weighted by Crippen LogP contribution is 2.22. The highest BCUT2D eigenvalue weighted by Gasteiger charge is 2.18. The SMILES string of the molecule is COc1ccccc1C(=O)N/C(=C\c1ccc([N+](=O)[O-])cc1)C(=O)Nc1ccccc1Cl. The Balaban J connectivity index is 1.94. The molecule has 0 aromatic heterocycles. The fourth-order valence-electron chi connectivity index (χ4n) is 2.79. The van der Waals surface area contributed by atoms with E-state index in [0.29, 0.717) is 22.0 Å². The van der Waals surface area contributed by atoms with Gasteiger partial charge in [0.25, 0.3) is 17.5 Å². The van der Waals surface area contributed by atoms with Gasteiger partial charge in [0.05, 0.1) is 28.3 Å². The van der Waals surface area contributed by atoms with E-state index in [-0.39, 0.29) is 16.9 Å². The molecule has 0 radical (unpaired) electrons. The molecular weight excluding hydrogens is 434 g/mol. The summed E-state index contributed by atoms with van der Waals surface area (Å²) in [5, 5.41) is 16.4. The number of nitro groups is 1. The predicted molar refractivity (Wildman–Crippen MR) is 122 cm³/mol. The van der Waals surface area contributed by atoms with E-state index in [9.17, 15) is 19.7 Å². The molecule has 0 aliphatic heterocycles. The number of rotatable bonds is 7. The van der Waals surface area contributed by atoms with Gasteiger partial charge in [-0.05, 0) is 48.0 Å². The number of amides is 2. The Morgan fingerprint density at radius 1 is 1.00 bits per heavy atom. The molecule has 0 bridgehead atoms. The molecule has 0 saturated heterocycles. The molecule has 0 spiro atoms. The average molecular weight is 452 g/mol. The Morgan fingerprint density at radius 3 is 2.31 bits per heavy atom. The number of halogens is 1. The van der Waals surface area contributed by atoms with E-state index >= 15 is 0 Å². The van der Waals surface area contributed by atoms with Crippen LogP contribution in [0, 0.1) is 10.1 Å². The molecule has 0 saturated carbocycles. The number of methoxy groups -OCH3 is 1. The number of nitrogens with one attached hydrogen (secondary N) is 2. The maximum atomic E-state index is 13.0. The van der Waals surface area contributed by atoms with Crippen molar-refractivity contribution in [1.82, 2.24) is 5.32 Å². The fraction of sp³-hybridized carbons (Fsp3) is 0.0435. The van der Waals surface area contributed by atoms with E-state index in [0.717, 1.165) is 0 Å². The number of para-hydroxylation sites is 2. The number of carbonyl (C=O) groups is 2. The first-order chi connectivity index (χ1) is 15.4. The van der Waals surface area contributed by atoms with Gasteiger partial charge in [0, 0.05) is 12.1 Å². The summed E-state index contributed by atoms with van der Waals surface area (Å²) in [5.41, 5.74) is 0.882. The van der Waals surface area contributed by atoms with Crippen LogP contribution in [0.4, 0.5) is 11.4 Å². The normalized spacial score (nSPS) is 10.9. The van der Waals surface area contributed by atoms with Crippen molar-refractivity contribution in [2.24, 2.45) is 0 Å². The van der Waals surface area contributed by atoms with Gasteiger partial charge >= 0.3 is 0 Å². The number of benzene rings is 3. The van der Waals surface area contributed by atoms with Crippen molar-refractivity contribution in [3.63, 3.8) is 0 Å². The molecule has 3 aromatic carbocycles. The van der Waals surface area contributed by atoms with Crippen LogP contribution in [0.3, 0.4) is 0 Å². The minimum Gasteiger partial charge on any atom is -0.496 e. The number of nitro benzene ring substituents is 1. The lowest BCUT2D eigenvalue weighted by atomic mass is 10.1. The Bertz CT molecular complexity index is 1190. The van der Waals surface area contributed by atoms with Crippen molar-refractivity contribution in [2.45, 2.75) is 0 Å². The van der Waals surface area contributed by atoms with Gasteiger partial charge in [-0.3, -0.25) is 19.7 Å². The molecule has 0 unspecified atom stereocenters. The van der Waals surface area contributed by atoms with Gasteiger partial charge in [0.1, 0.15) is 11.4 Å². The molecule has 2 amide bonds. The summed E-state index contributed by atoms with van der Waals surface area (Å²) in [6.07, 6.45) is 1.41. The van der Waals surface area contributed by atoms with Crippen LogP contribution in [0.5, 0.6) is 5.75 Å². The van der Waals surface area contributed by atoms with Gasteiger partial charge in [-0.15, -0.1) is 0 Å². The van der Waals surface area contributed by atoms with Crippen molar-refractivity contribution >= 4 is 40.9 Å². The first-order valence-corrected chi connectivity index (χ1v) is 9.73. The number of non-ortho nitro benzene ring substituents is 1. The third kappa shape index (κ3) is 5.50. The van der Waals surface area contributed by atoms with Crippen LogP contribution in [0.2, 0.25) is 5.02 Å². The van der Waals surface area contributed by atoms with E-state index in [2.05, 4.69) is 10.6 Å². The van der Waals surface area contributed by atoms with Crippen molar-refractivity contribution in [3.05, 3.63) is 105 Å². The first-order valence-electron chi connectivity index (χ1n) is 9.35. The zero-order chi connectivity index (χ0) is 23.1. The zero-order valence-electron chi connectivity index (χ0n) is 16.9. The summed E-state index contributed by atoms with van der Waals surface area (Å²) < 4.78 is 5.21. The molecular formula is C23H18ClN3O5. The molecule has 3 rings (SSSR count). The van der Waals surface area contributed by atoms with Crippen LogP contribution in [0.25, 0.3) is 6.08 Å². The minimum atomic E-state index is -0.625. The van der Waals surface area contributed by atoms with Gasteiger partial charge in [0.2, 0.25) is 0 Å². The third-order valence-electron chi connectivity index (χ3n) is 4.38. The number of carbonyl (C=O) groups excluding carboxylic acids is 2. The van der Waals surface area contributed by atoms with Crippen LogP contribution in [0.15, 0.2) is 78.5 Å². The van der Waals surface area contributed by atoms with E-state index in [1.54, 1.807) is 48.5 Å². The van der Waals surface area contributed by atoms with Crippen molar-refractivity contribution < 1.29 is 19.2 Å². The van der Waals surface area contributed by atoms with Crippen LogP contribution >= 0.6 is 11.6 Å². The van der Waals surface area contributed by atoms with E-state index in [4.69, 9.17) is 16.3 Å². The molecule has 0 heterocycles. The monoisotopic (exact) mass is 451 g/mol. The average Bonchev–Trinajstić information content (AvgIpc) is 2.80. The molecule has 32 heavy (non-hydrogen) atoms. The smallest absolute Gasteiger partial charge is 0.272 e. The van der Waals surface area contributed by atoms with Crippen LogP contribution in [0.1, 0.15) is 15.9 Å². The quantitative estimate of drug-likeness (QED) is 0.308. The summed E-state index contributed by atoms with van der Waals surface area (Å²) >= 11 is 6.12. The van der Waals surface area contributed by atoms with Gasteiger partial charge < -0.3 is 15.4 Å². The molecule has 2 N–H and O–H groups in total. The lowest BCUT2D eigenvalue weighted by molar-refractivity contribution is -0.384. The maximum Gasteiger partial charge on any atom is 0.272 e. The molecule has 8 nitrogen and oxygen atoms in total. The third-order valence-corrected chi connectivity index (χ3v) is 4.71. The van der Waals surface area contributed by atoms with Crippen LogP contribution < -0.4 is 15.4 Å². The van der Waals surface area contributed by atoms with Gasteiger partial charge in [-0.1, -0.05) is 35.9 Å². The Hall–Kier alpha value is -4.17. The van der Waals surface area contributed by atoms with Crippen LogP contribution in [-0.4, -0.2) is 23.8 Å². The van der Waals surface area contributed by atoms with Gasteiger partial charge in [0.15, 0.2) is 0 Å². The first kappa shape index (κ1) is 22.5. The van der Waals surface area contributed by atoms with Crippen LogP contribution in [-0.2, 0) is 4.79 Å². The Kier molecular flexibility index (Phi) is 7.20. The molecule has 0 aliphatic rings. The highest BCUT2D eigenvalue weighted by atomic mass is 35.5. The van der Waals surface area contributed by atoms with Crippen molar-refractivity contribution in [2.75, 3.05) is 12.4 Å². The summed E-state index contributed by atoms with van der Waals surface area (Å²) in [5.74, 6) is -0.851. The maximum absolute atomic E-state index is 13.0. The fourth-order valence-corrected chi connectivity index (χ4v) is 2.97. The summed E-state index contributed by atoms with van der Waals surface area (Å²) in [4.78, 5) is 36.2. The van der Waals surface area contributed by atoms with Gasteiger partial charge in [-0.25, -0.2) is 0 Å². The summed E-state index contributed by atoms with van der Waals surface area (Å²) in [7, 11) is 1.43. The summed E-state index contributed by atoms with van der Waals surface area (Å²) in [6.45, 7) is 0. The molecule has 0 atom stereocenters. The highest BCUT2D eigenvalue weighted by molar-refractivity contribution is 6.34. The molecule has 9 heteroatoms. The number of anilines is 1. The van der Waals surface area contributed by atoms with E-state index < -0.39 is 16.7 Å². The number of hydrogen-bond acceptors (Lipinski definition) is 5. The second kappa shape index (κ2) is 10.2. The standard InChI is InChI=1S/C23H18ClN3O5/c1-32-21-9-5-2-6-17(21)22(28)26-20(14-15-10-12-16(13-11-15)27(30)31)23(29)25-19-8-4-3-7-18(19)24/h2-14H,1H3,(H,25,29)(H,26,28)/b20-14-. The van der Waals surface area contributed by atoms with Crippen molar-refractivity contribution in [1.29, 1.82) is 0 Å². The predicted octanol–water partition coefficient (Wildman–Crippen LogP) is 4.67. The molecule has 0 aliphatic carbocycles. The number of nitrogens with zero attached hydrogens (tertiary/aromatic N) is 1. The number of hydrogen-bond donors (Lipinski definition) is 2. The number of ether oxygens (including phenoxy) is 1. The second-order valence-corrected chi connectivity index (χ2v) is 6.90. The van der Waals surface area contributed by atoms with Gasteiger partial charge in [-0.2, -0.15) is 0 Å². The zero-order valence-corrected chi connectivity index (χ0v) is 17.6. The largest absolute Gasteiger partial charge is 0.496 e. The van der Waals surface area contributed by atoms with E-state index in [1.807, 2.05) is 0 Å². The molecule has 3 aromatic rings. The lowest BCUT2D eigenvalue weighted by Crippen LogP contribution is -2.31.